The number of rotatable bonds is 7. The molecule has 0 aliphatic carbocycles. The molecule has 0 unspecified atom stereocenters. The van der Waals surface area contributed by atoms with E-state index >= 15 is 0 Å². The molecule has 0 aliphatic rings. The van der Waals surface area contributed by atoms with Crippen LogP contribution >= 0.6 is 0 Å². The van der Waals surface area contributed by atoms with Crippen LogP contribution in [0.25, 0.3) is 11.4 Å². The van der Waals surface area contributed by atoms with Gasteiger partial charge in [0.1, 0.15) is 5.71 Å². The Morgan fingerprint density at radius 2 is 1.79 bits per heavy atom. The minimum atomic E-state index is -0.334. The summed E-state index contributed by atoms with van der Waals surface area (Å²) in [5, 5.41) is 15.9. The number of hydrogen-bond donors (Lipinski definition) is 1. The van der Waals surface area contributed by atoms with E-state index in [-0.39, 0.29) is 5.91 Å². The maximum absolute atomic E-state index is 13.1. The molecule has 0 aliphatic heterocycles. The van der Waals surface area contributed by atoms with Crippen molar-refractivity contribution in [2.45, 2.75) is 6.42 Å². The molecule has 4 rings (SSSR count). The Hall–Kier alpha value is -4.64. The van der Waals surface area contributed by atoms with Gasteiger partial charge in [0.25, 0.3) is 5.91 Å². The van der Waals surface area contributed by atoms with Gasteiger partial charge in [-0.05, 0) is 24.1 Å². The Morgan fingerprint density at radius 3 is 2.42 bits per heavy atom. The molecule has 1 N–H and O–H groups in total. The molecule has 2 heterocycles. The first-order valence-corrected chi connectivity index (χ1v) is 10.3. The fraction of sp³-hybridized carbons (Fsp3) is 0.120. The van der Waals surface area contributed by atoms with Gasteiger partial charge in [0.15, 0.2) is 5.82 Å². The Bertz CT molecular complexity index is 1300. The number of carbonyl (C=O) groups excluding carboxylic acids is 1. The summed E-state index contributed by atoms with van der Waals surface area (Å²) < 4.78 is 1.68. The molecule has 0 bridgehead atoms. The number of amides is 1. The van der Waals surface area contributed by atoms with Crippen LogP contribution in [0.2, 0.25) is 0 Å². The van der Waals surface area contributed by atoms with E-state index in [2.05, 4.69) is 31.4 Å². The van der Waals surface area contributed by atoms with E-state index in [1.807, 2.05) is 55.7 Å². The summed E-state index contributed by atoms with van der Waals surface area (Å²) in [4.78, 5) is 26.3. The molecule has 0 atom stereocenters. The SMILES string of the molecule is Cn1cc(-c2ncc(NC(=O)/C(=N/CCc3ccc(C#N)cc3)c3ccccc3)cn2)cn1. The van der Waals surface area contributed by atoms with Crippen LogP contribution in [0.5, 0.6) is 0 Å². The molecule has 0 fully saturated rings. The number of nitriles is 1. The second-order valence-electron chi connectivity index (χ2n) is 7.31. The van der Waals surface area contributed by atoms with E-state index in [1.165, 1.54) is 0 Å². The van der Waals surface area contributed by atoms with Crippen LogP contribution in [0.4, 0.5) is 5.69 Å². The fourth-order valence-electron chi connectivity index (χ4n) is 3.20. The maximum Gasteiger partial charge on any atom is 0.274 e. The zero-order valence-corrected chi connectivity index (χ0v) is 18.0. The highest BCUT2D eigenvalue weighted by Gasteiger charge is 2.15. The van der Waals surface area contributed by atoms with Gasteiger partial charge in [0, 0.05) is 25.4 Å². The molecule has 2 aromatic heterocycles. The second-order valence-corrected chi connectivity index (χ2v) is 7.31. The van der Waals surface area contributed by atoms with Crippen molar-refractivity contribution in [3.05, 3.63) is 96.1 Å². The van der Waals surface area contributed by atoms with Gasteiger partial charge >= 0.3 is 0 Å². The first-order valence-electron chi connectivity index (χ1n) is 10.3. The first-order chi connectivity index (χ1) is 16.1. The van der Waals surface area contributed by atoms with Gasteiger partial charge in [0.05, 0.1) is 41.5 Å². The molecule has 162 valence electrons. The molecule has 0 saturated carbocycles. The van der Waals surface area contributed by atoms with E-state index in [1.54, 1.807) is 35.4 Å². The number of aromatic nitrogens is 4. The van der Waals surface area contributed by atoms with E-state index in [9.17, 15) is 4.79 Å². The number of carbonyl (C=O) groups is 1. The molecular weight excluding hydrogens is 414 g/mol. The Balaban J connectivity index is 1.48. The molecule has 2 aromatic carbocycles. The lowest BCUT2D eigenvalue weighted by atomic mass is 10.1. The van der Waals surface area contributed by atoms with Crippen molar-refractivity contribution >= 4 is 17.3 Å². The standard InChI is InChI=1S/C25H21N7O/c1-32-17-21(14-30-32)24-28-15-22(16-29-24)31-25(33)23(20-5-3-2-4-6-20)27-12-11-18-7-9-19(13-26)10-8-18/h2-10,14-17H,11-12H2,1H3,(H,31,33)/b27-23+. The van der Waals surface area contributed by atoms with Gasteiger partial charge in [-0.25, -0.2) is 9.97 Å². The highest BCUT2D eigenvalue weighted by atomic mass is 16.1. The van der Waals surface area contributed by atoms with Crippen molar-refractivity contribution in [1.82, 2.24) is 19.7 Å². The maximum atomic E-state index is 13.1. The summed E-state index contributed by atoms with van der Waals surface area (Å²) in [6, 6.07) is 18.8. The van der Waals surface area contributed by atoms with E-state index in [4.69, 9.17) is 5.26 Å². The number of aliphatic imine (C=N–C) groups is 1. The average molecular weight is 435 g/mol. The van der Waals surface area contributed by atoms with E-state index in [0.29, 0.717) is 35.8 Å². The average Bonchev–Trinajstić information content (AvgIpc) is 3.29. The summed E-state index contributed by atoms with van der Waals surface area (Å²) in [6.07, 6.45) is 7.28. The smallest absolute Gasteiger partial charge is 0.274 e. The monoisotopic (exact) mass is 435 g/mol. The number of nitrogens with one attached hydrogen (secondary N) is 1. The zero-order valence-electron chi connectivity index (χ0n) is 18.0. The highest BCUT2D eigenvalue weighted by Crippen LogP contribution is 2.15. The third-order valence-electron chi connectivity index (χ3n) is 4.89. The third kappa shape index (κ3) is 5.54. The van der Waals surface area contributed by atoms with Crippen molar-refractivity contribution in [1.29, 1.82) is 5.26 Å². The van der Waals surface area contributed by atoms with Crippen molar-refractivity contribution in [2.24, 2.45) is 12.0 Å². The van der Waals surface area contributed by atoms with Crippen molar-refractivity contribution in [3.63, 3.8) is 0 Å². The Kier molecular flexibility index (Phi) is 6.61. The van der Waals surface area contributed by atoms with Gasteiger partial charge in [-0.1, -0.05) is 42.5 Å². The molecule has 4 aromatic rings. The summed E-state index contributed by atoms with van der Waals surface area (Å²) in [5.74, 6) is 0.194. The number of anilines is 1. The minimum absolute atomic E-state index is 0.334. The molecule has 8 heteroatoms. The predicted octanol–water partition coefficient (Wildman–Crippen LogP) is 3.42. The Labute approximate surface area is 191 Å². The van der Waals surface area contributed by atoms with Crippen molar-refractivity contribution < 1.29 is 4.79 Å². The molecule has 1 amide bonds. The lowest BCUT2D eigenvalue weighted by molar-refractivity contribution is -0.110. The summed E-state index contributed by atoms with van der Waals surface area (Å²) >= 11 is 0. The quantitative estimate of drug-likeness (QED) is 0.448. The van der Waals surface area contributed by atoms with Crippen LogP contribution in [-0.4, -0.2) is 37.9 Å². The van der Waals surface area contributed by atoms with Crippen LogP contribution in [-0.2, 0) is 18.3 Å². The van der Waals surface area contributed by atoms with Crippen LogP contribution in [0.1, 0.15) is 16.7 Å². The molecule has 0 radical (unpaired) electrons. The zero-order chi connectivity index (χ0) is 23.0. The lowest BCUT2D eigenvalue weighted by Gasteiger charge is -2.09. The van der Waals surface area contributed by atoms with Gasteiger partial charge in [-0.2, -0.15) is 10.4 Å². The Morgan fingerprint density at radius 1 is 1.06 bits per heavy atom. The summed E-state index contributed by atoms with van der Waals surface area (Å²) in [5.41, 5.74) is 3.99. The normalized spacial score (nSPS) is 11.1. The van der Waals surface area contributed by atoms with E-state index in [0.717, 1.165) is 16.7 Å². The second kappa shape index (κ2) is 10.1. The van der Waals surface area contributed by atoms with Crippen molar-refractivity contribution in [2.75, 3.05) is 11.9 Å². The minimum Gasteiger partial charge on any atom is -0.318 e. The fourth-order valence-corrected chi connectivity index (χ4v) is 3.20. The summed E-state index contributed by atoms with van der Waals surface area (Å²) in [6.45, 7) is 0.431. The van der Waals surface area contributed by atoms with Crippen LogP contribution in [0.15, 0.2) is 84.4 Å². The van der Waals surface area contributed by atoms with Gasteiger partial charge in [0.2, 0.25) is 0 Å². The van der Waals surface area contributed by atoms with Crippen LogP contribution < -0.4 is 5.32 Å². The molecule has 33 heavy (non-hydrogen) atoms. The van der Waals surface area contributed by atoms with Crippen molar-refractivity contribution in [3.8, 4) is 17.5 Å². The van der Waals surface area contributed by atoms with Gasteiger partial charge < -0.3 is 5.32 Å². The summed E-state index contributed by atoms with van der Waals surface area (Å²) in [7, 11) is 1.82. The number of nitrogens with zero attached hydrogens (tertiary/aromatic N) is 6. The van der Waals surface area contributed by atoms with E-state index < -0.39 is 0 Å². The van der Waals surface area contributed by atoms with Gasteiger partial charge in [-0.3, -0.25) is 14.5 Å². The molecule has 8 nitrogen and oxygen atoms in total. The topological polar surface area (TPSA) is 109 Å². The third-order valence-corrected chi connectivity index (χ3v) is 4.89. The largest absolute Gasteiger partial charge is 0.318 e. The lowest BCUT2D eigenvalue weighted by Crippen LogP contribution is -2.24. The predicted molar refractivity (Wildman–Crippen MR) is 126 cm³/mol. The first kappa shape index (κ1) is 21.6. The highest BCUT2D eigenvalue weighted by molar-refractivity contribution is 6.48. The van der Waals surface area contributed by atoms with Gasteiger partial charge in [-0.15, -0.1) is 0 Å². The molecular formula is C25H21N7O. The van der Waals surface area contributed by atoms with Crippen LogP contribution in [0.3, 0.4) is 0 Å². The molecule has 0 saturated heterocycles. The number of hydrogen-bond acceptors (Lipinski definition) is 6. The number of benzene rings is 2. The van der Waals surface area contributed by atoms with Crippen LogP contribution in [0, 0.1) is 11.3 Å². The number of aryl methyl sites for hydroxylation is 1. The molecule has 0 spiro atoms.